The molecule has 0 rings (SSSR count). The highest BCUT2D eigenvalue weighted by Crippen LogP contribution is 2.21. The molecular formula is C7H12NO2-. The van der Waals surface area contributed by atoms with Gasteiger partial charge in [0.2, 0.25) is 0 Å². The molecule has 0 radical (unpaired) electrons. The van der Waals surface area contributed by atoms with E-state index in [1.807, 2.05) is 0 Å². The average molecular weight is 142 g/mol. The summed E-state index contributed by atoms with van der Waals surface area (Å²) in [5.74, 6) is -1.23. The molecular weight excluding hydrogens is 130 g/mol. The van der Waals surface area contributed by atoms with E-state index in [-0.39, 0.29) is 12.1 Å². The zero-order valence-corrected chi connectivity index (χ0v) is 6.31. The summed E-state index contributed by atoms with van der Waals surface area (Å²) in [5, 5.41) is 10.2. The number of nitrogens with two attached hydrogens (primary N) is 1. The van der Waals surface area contributed by atoms with Gasteiger partial charge < -0.3 is 15.6 Å². The second kappa shape index (κ2) is 2.84. The van der Waals surface area contributed by atoms with Crippen LogP contribution in [0.15, 0.2) is 12.2 Å². The van der Waals surface area contributed by atoms with Crippen molar-refractivity contribution in [1.29, 1.82) is 0 Å². The van der Waals surface area contributed by atoms with Crippen molar-refractivity contribution in [2.24, 2.45) is 11.1 Å². The van der Waals surface area contributed by atoms with Gasteiger partial charge in [0.25, 0.3) is 0 Å². The number of carbonyl (C=O) groups is 1. The maximum absolute atomic E-state index is 10.2. The lowest BCUT2D eigenvalue weighted by atomic mass is 9.85. The van der Waals surface area contributed by atoms with Crippen molar-refractivity contribution in [2.45, 2.75) is 13.8 Å². The lowest BCUT2D eigenvalue weighted by Crippen LogP contribution is -2.36. The van der Waals surface area contributed by atoms with Crippen LogP contribution in [0.2, 0.25) is 0 Å². The molecule has 0 aliphatic carbocycles. The maximum atomic E-state index is 10.2. The molecule has 0 fully saturated rings. The normalized spacial score (nSPS) is 11.1. The van der Waals surface area contributed by atoms with Gasteiger partial charge in [-0.15, -0.1) is 0 Å². The van der Waals surface area contributed by atoms with Gasteiger partial charge in [-0.05, 0) is 5.57 Å². The van der Waals surface area contributed by atoms with Crippen LogP contribution in [0.1, 0.15) is 13.8 Å². The zero-order valence-electron chi connectivity index (χ0n) is 6.31. The highest BCUT2D eigenvalue weighted by Gasteiger charge is 2.19. The minimum atomic E-state index is -1.23. The highest BCUT2D eigenvalue weighted by atomic mass is 16.4. The van der Waals surface area contributed by atoms with Gasteiger partial charge in [0.15, 0.2) is 0 Å². The fraction of sp³-hybridized carbons (Fsp3) is 0.571. The number of hydrogen-bond acceptors (Lipinski definition) is 3. The fourth-order valence-electron chi connectivity index (χ4n) is 0.399. The SMILES string of the molecule is C=C(C(=O)[O-])C(C)(C)CN. The predicted molar refractivity (Wildman–Crippen MR) is 37.0 cm³/mol. The summed E-state index contributed by atoms with van der Waals surface area (Å²) in [6, 6.07) is 0. The molecule has 0 aromatic rings. The quantitative estimate of drug-likeness (QED) is 0.529. The first-order valence-electron chi connectivity index (χ1n) is 3.02. The first-order valence-corrected chi connectivity index (χ1v) is 3.02. The first-order chi connectivity index (χ1) is 4.41. The molecule has 0 aromatic carbocycles. The predicted octanol–water partition coefficient (Wildman–Crippen LogP) is -0.723. The smallest absolute Gasteiger partial charge is 0.0674 e. The monoisotopic (exact) mass is 142 g/mol. The van der Waals surface area contributed by atoms with Crippen LogP contribution < -0.4 is 10.8 Å². The lowest BCUT2D eigenvalue weighted by Gasteiger charge is -2.25. The molecule has 10 heavy (non-hydrogen) atoms. The molecule has 3 nitrogen and oxygen atoms in total. The molecule has 0 aliphatic rings. The summed E-state index contributed by atoms with van der Waals surface area (Å²) in [6.45, 7) is 7.05. The number of carboxylic acids is 1. The summed E-state index contributed by atoms with van der Waals surface area (Å²) in [7, 11) is 0. The van der Waals surface area contributed by atoms with Crippen LogP contribution in [0.25, 0.3) is 0 Å². The summed E-state index contributed by atoms with van der Waals surface area (Å²) >= 11 is 0. The van der Waals surface area contributed by atoms with Crippen molar-refractivity contribution in [3.05, 3.63) is 12.2 Å². The Bertz CT molecular complexity index is 161. The van der Waals surface area contributed by atoms with Gasteiger partial charge >= 0.3 is 0 Å². The largest absolute Gasteiger partial charge is 0.545 e. The Morgan fingerprint density at radius 1 is 1.70 bits per heavy atom. The Balaban J connectivity index is 4.33. The summed E-state index contributed by atoms with van der Waals surface area (Å²) in [4.78, 5) is 10.2. The van der Waals surface area contributed by atoms with Crippen molar-refractivity contribution in [3.63, 3.8) is 0 Å². The molecule has 0 aromatic heterocycles. The van der Waals surface area contributed by atoms with Gasteiger partial charge in [0, 0.05) is 12.0 Å². The number of aliphatic carboxylic acids is 1. The zero-order chi connectivity index (χ0) is 8.36. The van der Waals surface area contributed by atoms with Gasteiger partial charge in [-0.1, -0.05) is 20.4 Å². The molecule has 0 bridgehead atoms. The topological polar surface area (TPSA) is 66.1 Å². The molecule has 0 aliphatic heterocycles. The summed E-state index contributed by atoms with van der Waals surface area (Å²) in [6.07, 6.45) is 0. The van der Waals surface area contributed by atoms with E-state index < -0.39 is 11.4 Å². The Morgan fingerprint density at radius 3 is 2.20 bits per heavy atom. The Morgan fingerprint density at radius 2 is 2.10 bits per heavy atom. The van der Waals surface area contributed by atoms with Crippen molar-refractivity contribution in [2.75, 3.05) is 6.54 Å². The van der Waals surface area contributed by atoms with E-state index in [1.54, 1.807) is 13.8 Å². The van der Waals surface area contributed by atoms with Crippen LogP contribution in [0.5, 0.6) is 0 Å². The molecule has 58 valence electrons. The molecule has 0 spiro atoms. The minimum absolute atomic E-state index is 0.0509. The number of rotatable bonds is 3. The van der Waals surface area contributed by atoms with Crippen molar-refractivity contribution in [3.8, 4) is 0 Å². The first kappa shape index (κ1) is 9.17. The Hall–Kier alpha value is -0.830. The van der Waals surface area contributed by atoms with Crippen LogP contribution >= 0.6 is 0 Å². The third-order valence-electron chi connectivity index (χ3n) is 1.57. The van der Waals surface area contributed by atoms with Crippen LogP contribution in [0.4, 0.5) is 0 Å². The van der Waals surface area contributed by atoms with Gasteiger partial charge in [-0.25, -0.2) is 0 Å². The Labute approximate surface area is 60.5 Å². The van der Waals surface area contributed by atoms with E-state index >= 15 is 0 Å². The number of carboxylic acid groups (broad SMARTS) is 1. The lowest BCUT2D eigenvalue weighted by molar-refractivity contribution is -0.300. The van der Waals surface area contributed by atoms with Gasteiger partial charge in [-0.3, -0.25) is 0 Å². The minimum Gasteiger partial charge on any atom is -0.545 e. The fourth-order valence-corrected chi connectivity index (χ4v) is 0.399. The van der Waals surface area contributed by atoms with Crippen molar-refractivity contribution in [1.82, 2.24) is 0 Å². The third kappa shape index (κ3) is 1.84. The van der Waals surface area contributed by atoms with Crippen molar-refractivity contribution >= 4 is 5.97 Å². The molecule has 0 amide bonds. The van der Waals surface area contributed by atoms with E-state index in [0.29, 0.717) is 0 Å². The van der Waals surface area contributed by atoms with E-state index in [9.17, 15) is 9.90 Å². The maximum Gasteiger partial charge on any atom is 0.0674 e. The van der Waals surface area contributed by atoms with Crippen LogP contribution in [0, 0.1) is 5.41 Å². The standard InChI is InChI=1S/C7H13NO2/c1-5(6(9)10)7(2,3)4-8/h1,4,8H2,2-3H3,(H,9,10)/p-1. The molecule has 0 heterocycles. The molecule has 3 heteroatoms. The van der Waals surface area contributed by atoms with Gasteiger partial charge in [-0.2, -0.15) is 0 Å². The summed E-state index contributed by atoms with van der Waals surface area (Å²) in [5.41, 5.74) is 4.79. The average Bonchev–Trinajstić information content (AvgIpc) is 1.86. The van der Waals surface area contributed by atoms with Gasteiger partial charge in [0.05, 0.1) is 5.97 Å². The van der Waals surface area contributed by atoms with Crippen LogP contribution in [0.3, 0.4) is 0 Å². The van der Waals surface area contributed by atoms with Crippen molar-refractivity contribution < 1.29 is 9.90 Å². The highest BCUT2D eigenvalue weighted by molar-refractivity contribution is 5.85. The second-order valence-corrected chi connectivity index (χ2v) is 2.85. The third-order valence-corrected chi connectivity index (χ3v) is 1.57. The molecule has 0 saturated heterocycles. The van der Waals surface area contributed by atoms with Crippen LogP contribution in [-0.2, 0) is 4.79 Å². The second-order valence-electron chi connectivity index (χ2n) is 2.85. The molecule has 2 N–H and O–H groups in total. The number of carbonyl (C=O) groups excluding carboxylic acids is 1. The van der Waals surface area contributed by atoms with Gasteiger partial charge in [0.1, 0.15) is 0 Å². The molecule has 0 saturated carbocycles. The molecule has 0 unspecified atom stereocenters. The number of hydrogen-bond donors (Lipinski definition) is 1. The van der Waals surface area contributed by atoms with E-state index in [4.69, 9.17) is 5.73 Å². The van der Waals surface area contributed by atoms with E-state index in [0.717, 1.165) is 0 Å². The van der Waals surface area contributed by atoms with E-state index in [1.165, 1.54) is 0 Å². The molecule has 0 atom stereocenters. The van der Waals surface area contributed by atoms with E-state index in [2.05, 4.69) is 6.58 Å². The van der Waals surface area contributed by atoms with Crippen LogP contribution in [-0.4, -0.2) is 12.5 Å². The summed E-state index contributed by atoms with van der Waals surface area (Å²) < 4.78 is 0. The Kier molecular flexibility index (Phi) is 2.60.